The van der Waals surface area contributed by atoms with Gasteiger partial charge in [0.05, 0.1) is 6.61 Å². The van der Waals surface area contributed by atoms with Gasteiger partial charge in [-0.05, 0) is 61.4 Å². The average Bonchev–Trinajstić information content (AvgIpc) is 2.72. The zero-order valence-corrected chi connectivity index (χ0v) is 17.4. The zero-order valence-electron chi connectivity index (χ0n) is 17.4. The van der Waals surface area contributed by atoms with Crippen molar-refractivity contribution in [1.29, 1.82) is 0 Å². The standard InChI is InChI=1S/C24H30FNO3/c1-3-14-26-15-6-8-21-19(7-5-9-23(21)26)17-29-20-12-10-18(22(25)16-20)11-13-24(27)28-4-2/h5,7,9-10,12,16H,3-4,6,8,11,13-15,17H2,1-2H3. The van der Waals surface area contributed by atoms with Crippen LogP contribution in [0.1, 0.15) is 49.8 Å². The van der Waals surface area contributed by atoms with Crippen LogP contribution in [0.2, 0.25) is 0 Å². The molecule has 0 aliphatic carbocycles. The molecule has 2 aromatic carbocycles. The van der Waals surface area contributed by atoms with Crippen molar-refractivity contribution in [3.8, 4) is 5.75 Å². The molecule has 1 aliphatic rings. The fraction of sp³-hybridized carbons (Fsp3) is 0.458. The summed E-state index contributed by atoms with van der Waals surface area (Å²) in [4.78, 5) is 13.9. The van der Waals surface area contributed by atoms with Crippen LogP contribution in [-0.4, -0.2) is 25.7 Å². The number of benzene rings is 2. The fourth-order valence-corrected chi connectivity index (χ4v) is 3.86. The number of rotatable bonds is 9. The van der Waals surface area contributed by atoms with Gasteiger partial charge in [-0.15, -0.1) is 0 Å². The summed E-state index contributed by atoms with van der Waals surface area (Å²) in [5.74, 6) is -0.157. The van der Waals surface area contributed by atoms with Crippen molar-refractivity contribution in [2.24, 2.45) is 0 Å². The van der Waals surface area contributed by atoms with E-state index in [0.717, 1.165) is 37.9 Å². The van der Waals surface area contributed by atoms with Crippen LogP contribution in [-0.2, 0) is 29.0 Å². The number of esters is 1. The van der Waals surface area contributed by atoms with Gasteiger partial charge in [0.1, 0.15) is 18.2 Å². The van der Waals surface area contributed by atoms with Crippen LogP contribution in [0.25, 0.3) is 0 Å². The van der Waals surface area contributed by atoms with E-state index >= 15 is 0 Å². The first-order valence-corrected chi connectivity index (χ1v) is 10.5. The van der Waals surface area contributed by atoms with E-state index in [1.807, 2.05) is 0 Å². The molecule has 0 N–H and O–H groups in total. The van der Waals surface area contributed by atoms with Gasteiger partial charge in [-0.25, -0.2) is 4.39 Å². The van der Waals surface area contributed by atoms with Crippen molar-refractivity contribution in [3.05, 3.63) is 58.9 Å². The van der Waals surface area contributed by atoms with Crippen LogP contribution >= 0.6 is 0 Å². The highest BCUT2D eigenvalue weighted by atomic mass is 19.1. The highest BCUT2D eigenvalue weighted by Gasteiger charge is 2.19. The number of carbonyl (C=O) groups is 1. The van der Waals surface area contributed by atoms with E-state index in [0.29, 0.717) is 30.9 Å². The second-order valence-corrected chi connectivity index (χ2v) is 7.35. The van der Waals surface area contributed by atoms with Crippen molar-refractivity contribution in [3.63, 3.8) is 0 Å². The van der Waals surface area contributed by atoms with Gasteiger partial charge in [0.15, 0.2) is 0 Å². The van der Waals surface area contributed by atoms with Crippen LogP contribution < -0.4 is 9.64 Å². The van der Waals surface area contributed by atoms with Gasteiger partial charge < -0.3 is 14.4 Å². The minimum absolute atomic E-state index is 0.176. The third-order valence-electron chi connectivity index (χ3n) is 5.26. The minimum Gasteiger partial charge on any atom is -0.489 e. The number of ether oxygens (including phenoxy) is 2. The molecule has 0 amide bonds. The molecule has 1 aliphatic heterocycles. The van der Waals surface area contributed by atoms with Crippen LogP contribution in [0.3, 0.4) is 0 Å². The number of halogens is 1. The maximum Gasteiger partial charge on any atom is 0.306 e. The molecule has 0 spiro atoms. The molecule has 0 aromatic heterocycles. The van der Waals surface area contributed by atoms with E-state index in [-0.39, 0.29) is 18.2 Å². The van der Waals surface area contributed by atoms with E-state index in [9.17, 15) is 9.18 Å². The van der Waals surface area contributed by atoms with Crippen molar-refractivity contribution in [2.75, 3.05) is 24.6 Å². The van der Waals surface area contributed by atoms with Crippen molar-refractivity contribution in [1.82, 2.24) is 0 Å². The lowest BCUT2D eigenvalue weighted by molar-refractivity contribution is -0.143. The fourth-order valence-electron chi connectivity index (χ4n) is 3.86. The van der Waals surface area contributed by atoms with Gasteiger partial charge in [-0.3, -0.25) is 4.79 Å². The second-order valence-electron chi connectivity index (χ2n) is 7.35. The number of aryl methyl sites for hydroxylation is 1. The van der Waals surface area contributed by atoms with Gasteiger partial charge in [-0.1, -0.05) is 25.1 Å². The van der Waals surface area contributed by atoms with Crippen molar-refractivity contribution in [2.45, 2.75) is 52.6 Å². The van der Waals surface area contributed by atoms with Gasteiger partial charge in [-0.2, -0.15) is 0 Å². The van der Waals surface area contributed by atoms with Crippen LogP contribution in [0.4, 0.5) is 10.1 Å². The normalized spacial score (nSPS) is 13.1. The zero-order chi connectivity index (χ0) is 20.6. The third kappa shape index (κ3) is 5.49. The number of fused-ring (bicyclic) bond motifs is 1. The average molecular weight is 400 g/mol. The molecule has 0 unspecified atom stereocenters. The Morgan fingerprint density at radius 1 is 1.17 bits per heavy atom. The highest BCUT2D eigenvalue weighted by molar-refractivity contribution is 5.69. The van der Waals surface area contributed by atoms with Gasteiger partial charge >= 0.3 is 5.97 Å². The highest BCUT2D eigenvalue weighted by Crippen LogP contribution is 2.31. The minimum atomic E-state index is -0.351. The molecular weight excluding hydrogens is 369 g/mol. The molecule has 5 heteroatoms. The molecule has 0 saturated heterocycles. The van der Waals surface area contributed by atoms with Gasteiger partial charge in [0.2, 0.25) is 0 Å². The summed E-state index contributed by atoms with van der Waals surface area (Å²) in [6.45, 7) is 6.89. The third-order valence-corrected chi connectivity index (χ3v) is 5.26. The Bertz CT molecular complexity index is 837. The first-order chi connectivity index (χ1) is 14.1. The van der Waals surface area contributed by atoms with E-state index in [1.54, 1.807) is 19.1 Å². The molecule has 0 fully saturated rings. The topological polar surface area (TPSA) is 38.8 Å². The predicted octanol–water partition coefficient (Wildman–Crippen LogP) is 5.06. The van der Waals surface area contributed by atoms with E-state index in [4.69, 9.17) is 9.47 Å². The Balaban J connectivity index is 1.64. The first-order valence-electron chi connectivity index (χ1n) is 10.5. The monoisotopic (exact) mass is 399 g/mol. The van der Waals surface area contributed by atoms with Crippen LogP contribution in [0.5, 0.6) is 5.75 Å². The molecule has 156 valence electrons. The molecular formula is C24H30FNO3. The van der Waals surface area contributed by atoms with Gasteiger partial charge in [0.25, 0.3) is 0 Å². The molecule has 0 bridgehead atoms. The molecule has 3 rings (SSSR count). The summed E-state index contributed by atoms with van der Waals surface area (Å²) in [6.07, 6.45) is 3.83. The lowest BCUT2D eigenvalue weighted by atomic mass is 9.96. The number of hydrogen-bond acceptors (Lipinski definition) is 4. The summed E-state index contributed by atoms with van der Waals surface area (Å²) in [6, 6.07) is 11.2. The summed E-state index contributed by atoms with van der Waals surface area (Å²) >= 11 is 0. The quantitative estimate of drug-likeness (QED) is 0.552. The SMILES string of the molecule is CCCN1CCCc2c(COc3ccc(CCC(=O)OCC)c(F)c3)cccc21. The summed E-state index contributed by atoms with van der Waals surface area (Å²) in [7, 11) is 0. The molecule has 1 heterocycles. The van der Waals surface area contributed by atoms with E-state index in [1.165, 1.54) is 17.3 Å². The first kappa shape index (κ1) is 21.2. The Kier molecular flexibility index (Phi) is 7.50. The molecule has 0 radical (unpaired) electrons. The second kappa shape index (κ2) is 10.3. The summed E-state index contributed by atoms with van der Waals surface area (Å²) < 4.78 is 25.2. The predicted molar refractivity (Wildman–Crippen MR) is 113 cm³/mol. The molecule has 4 nitrogen and oxygen atoms in total. The number of anilines is 1. The Morgan fingerprint density at radius 2 is 2.03 bits per heavy atom. The van der Waals surface area contributed by atoms with Crippen LogP contribution in [0.15, 0.2) is 36.4 Å². The molecule has 0 atom stereocenters. The summed E-state index contributed by atoms with van der Waals surface area (Å²) in [5, 5.41) is 0. The lowest BCUT2D eigenvalue weighted by Gasteiger charge is -2.32. The Hall–Kier alpha value is -2.56. The number of hydrogen-bond donors (Lipinski definition) is 0. The van der Waals surface area contributed by atoms with Crippen LogP contribution in [0, 0.1) is 5.82 Å². The molecule has 2 aromatic rings. The number of carbonyl (C=O) groups excluding carboxylic acids is 1. The molecule has 29 heavy (non-hydrogen) atoms. The maximum absolute atomic E-state index is 14.4. The van der Waals surface area contributed by atoms with Crippen molar-refractivity contribution >= 4 is 11.7 Å². The maximum atomic E-state index is 14.4. The smallest absolute Gasteiger partial charge is 0.306 e. The van der Waals surface area contributed by atoms with E-state index in [2.05, 4.69) is 30.0 Å². The number of nitrogens with zero attached hydrogens (tertiary/aromatic N) is 1. The summed E-state index contributed by atoms with van der Waals surface area (Å²) in [5.41, 5.74) is 4.31. The lowest BCUT2D eigenvalue weighted by Crippen LogP contribution is -2.30. The Morgan fingerprint density at radius 3 is 2.79 bits per heavy atom. The largest absolute Gasteiger partial charge is 0.489 e. The van der Waals surface area contributed by atoms with E-state index < -0.39 is 0 Å². The Labute approximate surface area is 172 Å². The van der Waals surface area contributed by atoms with Crippen molar-refractivity contribution < 1.29 is 18.7 Å². The van der Waals surface area contributed by atoms with Gasteiger partial charge in [0, 0.05) is 31.3 Å². The molecule has 0 saturated carbocycles.